The third-order valence-electron chi connectivity index (χ3n) is 4.32. The Morgan fingerprint density at radius 2 is 2.11 bits per heavy atom. The van der Waals surface area contributed by atoms with Crippen LogP contribution in [0.4, 0.5) is 5.82 Å². The molecule has 3 rings (SSSR count). The van der Waals surface area contributed by atoms with Crippen LogP contribution in [0.2, 0.25) is 0 Å². The summed E-state index contributed by atoms with van der Waals surface area (Å²) >= 11 is 0. The molecule has 3 heteroatoms. The van der Waals surface area contributed by atoms with Crippen molar-refractivity contribution in [3.8, 4) is 0 Å². The summed E-state index contributed by atoms with van der Waals surface area (Å²) in [7, 11) is 0. The molecule has 2 N–H and O–H groups in total. The van der Waals surface area contributed by atoms with E-state index in [4.69, 9.17) is 10.7 Å². The second kappa shape index (κ2) is 5.17. The monoisotopic (exact) mass is 255 g/mol. The van der Waals surface area contributed by atoms with Crippen LogP contribution in [0.1, 0.15) is 13.3 Å². The maximum absolute atomic E-state index is 5.88. The molecule has 1 aliphatic heterocycles. The van der Waals surface area contributed by atoms with Crippen LogP contribution >= 0.6 is 0 Å². The fraction of sp³-hybridized carbons (Fsp3) is 0.438. The van der Waals surface area contributed by atoms with Crippen LogP contribution in [0.15, 0.2) is 36.4 Å². The number of nitrogens with two attached hydrogens (primary N) is 1. The second-order valence-electron chi connectivity index (χ2n) is 5.57. The summed E-state index contributed by atoms with van der Waals surface area (Å²) in [4.78, 5) is 7.16. The summed E-state index contributed by atoms with van der Waals surface area (Å²) in [5, 5.41) is 1.20. The molecule has 1 saturated heterocycles. The van der Waals surface area contributed by atoms with Gasteiger partial charge >= 0.3 is 0 Å². The number of nitrogens with zero attached hydrogens (tertiary/aromatic N) is 2. The van der Waals surface area contributed by atoms with Crippen LogP contribution in [0, 0.1) is 11.8 Å². The summed E-state index contributed by atoms with van der Waals surface area (Å²) in [6, 6.07) is 12.6. The highest BCUT2D eigenvalue weighted by atomic mass is 15.2. The fourth-order valence-electron chi connectivity index (χ4n) is 2.90. The molecule has 0 saturated carbocycles. The summed E-state index contributed by atoms with van der Waals surface area (Å²) in [5.74, 6) is 2.40. The maximum Gasteiger partial charge on any atom is 0.129 e. The molecule has 0 radical (unpaired) electrons. The van der Waals surface area contributed by atoms with Gasteiger partial charge in [0.15, 0.2) is 0 Å². The minimum atomic E-state index is 0.585. The van der Waals surface area contributed by atoms with Gasteiger partial charge in [0.1, 0.15) is 5.82 Å². The summed E-state index contributed by atoms with van der Waals surface area (Å²) in [6.07, 6.45) is 1.20. The Balaban J connectivity index is 1.87. The zero-order valence-corrected chi connectivity index (χ0v) is 11.4. The Labute approximate surface area is 114 Å². The van der Waals surface area contributed by atoms with Crippen molar-refractivity contribution in [1.82, 2.24) is 4.98 Å². The molecule has 1 fully saturated rings. The van der Waals surface area contributed by atoms with Crippen molar-refractivity contribution < 1.29 is 0 Å². The predicted octanol–water partition coefficient (Wildman–Crippen LogP) is 2.66. The average molecular weight is 255 g/mol. The maximum atomic E-state index is 5.88. The molecule has 1 aliphatic rings. The highest BCUT2D eigenvalue weighted by Crippen LogP contribution is 2.26. The van der Waals surface area contributed by atoms with Gasteiger partial charge in [0.05, 0.1) is 5.52 Å². The first-order valence-electron chi connectivity index (χ1n) is 7.08. The molecule has 19 heavy (non-hydrogen) atoms. The second-order valence-corrected chi connectivity index (χ2v) is 5.57. The number of fused-ring (bicyclic) bond motifs is 1. The molecule has 100 valence electrons. The number of rotatable bonds is 2. The van der Waals surface area contributed by atoms with Gasteiger partial charge in [-0.1, -0.05) is 25.1 Å². The van der Waals surface area contributed by atoms with Crippen LogP contribution in [0.5, 0.6) is 0 Å². The van der Waals surface area contributed by atoms with Crippen LogP contribution in [0.3, 0.4) is 0 Å². The molecule has 1 aromatic carbocycles. The van der Waals surface area contributed by atoms with E-state index in [-0.39, 0.29) is 0 Å². The van der Waals surface area contributed by atoms with Gasteiger partial charge in [0.2, 0.25) is 0 Å². The molecule has 3 nitrogen and oxygen atoms in total. The van der Waals surface area contributed by atoms with E-state index in [0.717, 1.165) is 36.9 Å². The van der Waals surface area contributed by atoms with Crippen molar-refractivity contribution in [2.75, 3.05) is 24.5 Å². The molecule has 1 aromatic heterocycles. The van der Waals surface area contributed by atoms with Crippen molar-refractivity contribution >= 4 is 16.7 Å². The molecular weight excluding hydrogens is 234 g/mol. The Morgan fingerprint density at radius 1 is 1.26 bits per heavy atom. The molecule has 0 aliphatic carbocycles. The van der Waals surface area contributed by atoms with Crippen molar-refractivity contribution in [2.45, 2.75) is 13.3 Å². The third-order valence-corrected chi connectivity index (χ3v) is 4.32. The van der Waals surface area contributed by atoms with Gasteiger partial charge in [-0.2, -0.15) is 0 Å². The first-order valence-corrected chi connectivity index (χ1v) is 7.08. The molecule has 2 unspecified atom stereocenters. The van der Waals surface area contributed by atoms with E-state index >= 15 is 0 Å². The molecular formula is C16H21N3. The van der Waals surface area contributed by atoms with Gasteiger partial charge < -0.3 is 10.6 Å². The van der Waals surface area contributed by atoms with E-state index in [1.807, 2.05) is 6.07 Å². The Bertz CT molecular complexity index is 567. The molecule has 0 bridgehead atoms. The Kier molecular flexibility index (Phi) is 3.38. The summed E-state index contributed by atoms with van der Waals surface area (Å²) in [5.41, 5.74) is 6.95. The number of para-hydroxylation sites is 1. The number of hydrogen-bond acceptors (Lipinski definition) is 3. The SMILES string of the molecule is CC1CCN(c2ccc3ccccc3n2)CC1CN. The zero-order chi connectivity index (χ0) is 13.2. The number of pyridine rings is 1. The highest BCUT2D eigenvalue weighted by Gasteiger charge is 2.25. The van der Waals surface area contributed by atoms with Gasteiger partial charge in [-0.25, -0.2) is 4.98 Å². The normalized spacial score (nSPS) is 23.8. The van der Waals surface area contributed by atoms with Gasteiger partial charge in [-0.15, -0.1) is 0 Å². The lowest BCUT2D eigenvalue weighted by molar-refractivity contribution is 0.307. The summed E-state index contributed by atoms with van der Waals surface area (Å²) < 4.78 is 0. The number of anilines is 1. The van der Waals surface area contributed by atoms with E-state index in [2.05, 4.69) is 42.2 Å². The Morgan fingerprint density at radius 3 is 2.95 bits per heavy atom. The first-order chi connectivity index (χ1) is 9.28. The van der Waals surface area contributed by atoms with E-state index in [1.54, 1.807) is 0 Å². The molecule has 2 atom stereocenters. The van der Waals surface area contributed by atoms with Gasteiger partial charge in [-0.05, 0) is 43.0 Å². The van der Waals surface area contributed by atoms with E-state index in [1.165, 1.54) is 11.8 Å². The number of benzene rings is 1. The molecule has 2 heterocycles. The van der Waals surface area contributed by atoms with Crippen molar-refractivity contribution in [3.63, 3.8) is 0 Å². The highest BCUT2D eigenvalue weighted by molar-refractivity contribution is 5.80. The third kappa shape index (κ3) is 2.43. The van der Waals surface area contributed by atoms with Gasteiger partial charge in [-0.3, -0.25) is 0 Å². The summed E-state index contributed by atoms with van der Waals surface area (Å²) in [6.45, 7) is 5.19. The molecule has 0 amide bonds. The smallest absolute Gasteiger partial charge is 0.129 e. The molecule has 0 spiro atoms. The van der Waals surface area contributed by atoms with E-state index in [9.17, 15) is 0 Å². The topological polar surface area (TPSA) is 42.2 Å². The average Bonchev–Trinajstić information content (AvgIpc) is 2.47. The molecule has 2 aromatic rings. The number of hydrogen-bond donors (Lipinski definition) is 1. The standard InChI is InChI=1S/C16H21N3/c1-12-8-9-19(11-14(12)10-17)16-7-6-13-4-2-3-5-15(13)18-16/h2-7,12,14H,8-11,17H2,1H3. The van der Waals surface area contributed by atoms with Gasteiger partial charge in [0, 0.05) is 18.5 Å². The van der Waals surface area contributed by atoms with E-state index in [0.29, 0.717) is 5.92 Å². The number of piperidine rings is 1. The van der Waals surface area contributed by atoms with Gasteiger partial charge in [0.25, 0.3) is 0 Å². The lowest BCUT2D eigenvalue weighted by Crippen LogP contribution is -2.43. The Hall–Kier alpha value is -1.61. The first kappa shape index (κ1) is 12.4. The lowest BCUT2D eigenvalue weighted by Gasteiger charge is -2.37. The quantitative estimate of drug-likeness (QED) is 0.897. The van der Waals surface area contributed by atoms with Crippen LogP contribution in [-0.2, 0) is 0 Å². The minimum absolute atomic E-state index is 0.585. The van der Waals surface area contributed by atoms with Crippen molar-refractivity contribution in [3.05, 3.63) is 36.4 Å². The minimum Gasteiger partial charge on any atom is -0.356 e. The zero-order valence-electron chi connectivity index (χ0n) is 11.4. The van der Waals surface area contributed by atoms with Crippen molar-refractivity contribution in [2.24, 2.45) is 17.6 Å². The van der Waals surface area contributed by atoms with E-state index < -0.39 is 0 Å². The fourth-order valence-corrected chi connectivity index (χ4v) is 2.90. The number of aromatic nitrogens is 1. The lowest BCUT2D eigenvalue weighted by atomic mass is 9.87. The largest absolute Gasteiger partial charge is 0.356 e. The predicted molar refractivity (Wildman–Crippen MR) is 80.3 cm³/mol. The van der Waals surface area contributed by atoms with Crippen molar-refractivity contribution in [1.29, 1.82) is 0 Å². The van der Waals surface area contributed by atoms with Crippen LogP contribution in [0.25, 0.3) is 10.9 Å². The van der Waals surface area contributed by atoms with Crippen LogP contribution in [-0.4, -0.2) is 24.6 Å². The van der Waals surface area contributed by atoms with Crippen LogP contribution < -0.4 is 10.6 Å².